The highest BCUT2D eigenvalue weighted by atomic mass is 16.7. The Balaban J connectivity index is 2.16. The van der Waals surface area contributed by atoms with Crippen molar-refractivity contribution < 1.29 is 9.63 Å². The maximum atomic E-state index is 11.4. The summed E-state index contributed by atoms with van der Waals surface area (Å²) in [6.45, 7) is 2.48. The Morgan fingerprint density at radius 2 is 2.07 bits per heavy atom. The Morgan fingerprint density at radius 3 is 2.64 bits per heavy atom. The molecule has 74 valence electrons. The average molecular weight is 191 g/mol. The molecule has 0 bridgehead atoms. The van der Waals surface area contributed by atoms with E-state index in [0.717, 1.165) is 5.56 Å². The summed E-state index contributed by atoms with van der Waals surface area (Å²) in [6.07, 6.45) is 0.497. The van der Waals surface area contributed by atoms with E-state index >= 15 is 0 Å². The van der Waals surface area contributed by atoms with Crippen LogP contribution in [-0.2, 0) is 9.63 Å². The third-order valence-corrected chi connectivity index (χ3v) is 2.43. The summed E-state index contributed by atoms with van der Waals surface area (Å²) in [6, 6.07) is 9.90. The third-order valence-electron chi connectivity index (χ3n) is 2.43. The zero-order valence-electron chi connectivity index (χ0n) is 8.14. The maximum Gasteiger partial charge on any atom is 0.249 e. The van der Waals surface area contributed by atoms with Crippen LogP contribution in [0.2, 0.25) is 0 Å². The first kappa shape index (κ1) is 9.21. The van der Waals surface area contributed by atoms with Crippen molar-refractivity contribution in [2.45, 2.75) is 19.4 Å². The van der Waals surface area contributed by atoms with E-state index in [4.69, 9.17) is 4.84 Å². The van der Waals surface area contributed by atoms with Crippen molar-refractivity contribution in [3.05, 3.63) is 35.9 Å². The molecule has 1 amide bonds. The van der Waals surface area contributed by atoms with E-state index in [-0.39, 0.29) is 11.9 Å². The maximum absolute atomic E-state index is 11.4. The molecule has 3 nitrogen and oxygen atoms in total. The number of benzene rings is 1. The Kier molecular flexibility index (Phi) is 2.50. The molecule has 0 aliphatic carbocycles. The first-order valence-electron chi connectivity index (χ1n) is 4.79. The van der Waals surface area contributed by atoms with Crippen LogP contribution in [-0.4, -0.2) is 17.6 Å². The molecule has 2 rings (SSSR count). The summed E-state index contributed by atoms with van der Waals surface area (Å²) in [7, 11) is 0. The van der Waals surface area contributed by atoms with E-state index < -0.39 is 0 Å². The fraction of sp³-hybridized carbons (Fsp3) is 0.364. The monoisotopic (exact) mass is 191 g/mol. The molecule has 1 aliphatic heterocycles. The van der Waals surface area contributed by atoms with Gasteiger partial charge in [0.05, 0.1) is 19.1 Å². The first-order chi connectivity index (χ1) is 6.79. The summed E-state index contributed by atoms with van der Waals surface area (Å²) in [5.41, 5.74) is 1.10. The van der Waals surface area contributed by atoms with Crippen LogP contribution in [0.15, 0.2) is 30.3 Å². The number of amides is 1. The second-order valence-corrected chi connectivity index (χ2v) is 3.39. The van der Waals surface area contributed by atoms with Gasteiger partial charge in [-0.2, -0.15) is 0 Å². The molecule has 1 aromatic rings. The van der Waals surface area contributed by atoms with Gasteiger partial charge in [0.1, 0.15) is 0 Å². The minimum atomic E-state index is 0.00574. The molecule has 3 heteroatoms. The average Bonchev–Trinajstić information content (AvgIpc) is 2.65. The lowest BCUT2D eigenvalue weighted by atomic mass is 10.1. The van der Waals surface area contributed by atoms with Gasteiger partial charge >= 0.3 is 0 Å². The Hall–Kier alpha value is -1.35. The largest absolute Gasteiger partial charge is 0.272 e. The second-order valence-electron chi connectivity index (χ2n) is 3.39. The van der Waals surface area contributed by atoms with Crippen LogP contribution in [0.25, 0.3) is 0 Å². The normalized spacial score (nSPS) is 18.6. The van der Waals surface area contributed by atoms with Crippen molar-refractivity contribution in [1.82, 2.24) is 5.06 Å². The van der Waals surface area contributed by atoms with Gasteiger partial charge in [0.25, 0.3) is 0 Å². The van der Waals surface area contributed by atoms with Crippen LogP contribution in [0.5, 0.6) is 0 Å². The van der Waals surface area contributed by atoms with Gasteiger partial charge in [-0.3, -0.25) is 9.63 Å². The lowest BCUT2D eigenvalue weighted by Crippen LogP contribution is -2.26. The van der Waals surface area contributed by atoms with E-state index in [9.17, 15) is 4.79 Å². The Morgan fingerprint density at radius 1 is 1.36 bits per heavy atom. The molecule has 0 spiro atoms. The molecule has 1 fully saturated rings. The fourth-order valence-corrected chi connectivity index (χ4v) is 1.61. The van der Waals surface area contributed by atoms with E-state index in [2.05, 4.69) is 0 Å². The molecule has 0 N–H and O–H groups in total. The van der Waals surface area contributed by atoms with Gasteiger partial charge in [-0.15, -0.1) is 0 Å². The number of hydroxylamine groups is 2. The van der Waals surface area contributed by atoms with E-state index in [1.54, 1.807) is 0 Å². The zero-order valence-corrected chi connectivity index (χ0v) is 8.14. The predicted molar refractivity (Wildman–Crippen MR) is 52.3 cm³/mol. The minimum absolute atomic E-state index is 0.00574. The summed E-state index contributed by atoms with van der Waals surface area (Å²) in [4.78, 5) is 16.7. The summed E-state index contributed by atoms with van der Waals surface area (Å²) >= 11 is 0. The highest BCUT2D eigenvalue weighted by molar-refractivity contribution is 5.76. The Bertz CT molecular complexity index is 323. The van der Waals surface area contributed by atoms with Crippen molar-refractivity contribution in [1.29, 1.82) is 0 Å². The molecule has 1 unspecified atom stereocenters. The van der Waals surface area contributed by atoms with Crippen LogP contribution in [0.1, 0.15) is 24.9 Å². The number of nitrogens with zero attached hydrogens (tertiary/aromatic N) is 1. The van der Waals surface area contributed by atoms with Crippen LogP contribution in [0.4, 0.5) is 0 Å². The topological polar surface area (TPSA) is 29.5 Å². The fourth-order valence-electron chi connectivity index (χ4n) is 1.61. The van der Waals surface area contributed by atoms with Crippen molar-refractivity contribution >= 4 is 5.91 Å². The molecule has 14 heavy (non-hydrogen) atoms. The lowest BCUT2D eigenvalue weighted by molar-refractivity contribution is -0.173. The van der Waals surface area contributed by atoms with Gasteiger partial charge in [0, 0.05) is 0 Å². The number of carbonyl (C=O) groups excluding carboxylic acids is 1. The van der Waals surface area contributed by atoms with Gasteiger partial charge in [-0.05, 0) is 12.5 Å². The summed E-state index contributed by atoms with van der Waals surface area (Å²) in [5.74, 6) is 0.0707. The molecular weight excluding hydrogens is 178 g/mol. The van der Waals surface area contributed by atoms with Crippen LogP contribution in [0, 0.1) is 0 Å². The third kappa shape index (κ3) is 1.63. The number of carbonyl (C=O) groups is 1. The number of hydrogen-bond donors (Lipinski definition) is 0. The first-order valence-corrected chi connectivity index (χ1v) is 4.79. The molecule has 1 saturated heterocycles. The zero-order chi connectivity index (χ0) is 9.97. The lowest BCUT2D eigenvalue weighted by Gasteiger charge is -2.22. The smallest absolute Gasteiger partial charge is 0.249 e. The van der Waals surface area contributed by atoms with Crippen LogP contribution >= 0.6 is 0 Å². The van der Waals surface area contributed by atoms with E-state index in [1.165, 1.54) is 5.06 Å². The SMILES string of the molecule is CC(c1ccccc1)N1OCCC1=O. The van der Waals surface area contributed by atoms with Crippen molar-refractivity contribution in [2.24, 2.45) is 0 Å². The van der Waals surface area contributed by atoms with Gasteiger partial charge < -0.3 is 0 Å². The van der Waals surface area contributed by atoms with Crippen molar-refractivity contribution in [2.75, 3.05) is 6.61 Å². The molecule has 0 radical (unpaired) electrons. The van der Waals surface area contributed by atoms with Gasteiger partial charge in [0.15, 0.2) is 0 Å². The summed E-state index contributed by atoms with van der Waals surface area (Å²) < 4.78 is 0. The number of rotatable bonds is 2. The molecule has 1 atom stereocenters. The Labute approximate surface area is 83.2 Å². The van der Waals surface area contributed by atoms with E-state index in [0.29, 0.717) is 13.0 Å². The highest BCUT2D eigenvalue weighted by Crippen LogP contribution is 2.23. The quantitative estimate of drug-likeness (QED) is 0.714. The van der Waals surface area contributed by atoms with Crippen molar-refractivity contribution in [3.63, 3.8) is 0 Å². The molecular formula is C11H13NO2. The summed E-state index contributed by atoms with van der Waals surface area (Å²) in [5, 5.41) is 1.47. The van der Waals surface area contributed by atoms with Crippen LogP contribution in [0.3, 0.4) is 0 Å². The van der Waals surface area contributed by atoms with Crippen molar-refractivity contribution in [3.8, 4) is 0 Å². The van der Waals surface area contributed by atoms with Gasteiger partial charge in [-0.1, -0.05) is 30.3 Å². The molecule has 1 aliphatic rings. The minimum Gasteiger partial charge on any atom is -0.272 e. The predicted octanol–water partition coefficient (Wildman–Crippen LogP) is 1.91. The molecule has 0 aromatic heterocycles. The second kappa shape index (κ2) is 3.80. The van der Waals surface area contributed by atoms with E-state index in [1.807, 2.05) is 37.3 Å². The molecule has 0 saturated carbocycles. The molecule has 1 aromatic carbocycles. The van der Waals surface area contributed by atoms with Gasteiger partial charge in [-0.25, -0.2) is 5.06 Å². The molecule has 1 heterocycles. The van der Waals surface area contributed by atoms with Crippen LogP contribution < -0.4 is 0 Å². The van der Waals surface area contributed by atoms with Gasteiger partial charge in [0.2, 0.25) is 5.91 Å². The highest BCUT2D eigenvalue weighted by Gasteiger charge is 2.27. The number of hydrogen-bond acceptors (Lipinski definition) is 2. The standard InChI is InChI=1S/C11H13NO2/c1-9(10-5-3-2-4-6-10)12-11(13)7-8-14-12/h2-6,9H,7-8H2,1H3.